The predicted molar refractivity (Wildman–Crippen MR) is 105 cm³/mol. The highest BCUT2D eigenvalue weighted by Crippen LogP contribution is 2.59. The molecule has 2 aromatic carbocycles. The molecule has 26 heavy (non-hydrogen) atoms. The number of halogens is 1. The second-order valence-electron chi connectivity index (χ2n) is 6.42. The fraction of sp³-hybridized carbons (Fsp3) is 0.238. The van der Waals surface area contributed by atoms with Crippen molar-refractivity contribution in [3.05, 3.63) is 81.9 Å². The van der Waals surface area contributed by atoms with Crippen molar-refractivity contribution in [3.63, 3.8) is 0 Å². The van der Waals surface area contributed by atoms with E-state index in [0.717, 1.165) is 22.3 Å². The smallest absolute Gasteiger partial charge is 0.335 e. The molecule has 5 heteroatoms. The number of methoxy groups -OCH3 is 2. The minimum atomic E-state index is -0.723. The summed E-state index contributed by atoms with van der Waals surface area (Å²) in [7, 11) is 2.70. The van der Waals surface area contributed by atoms with Crippen LogP contribution in [0.5, 0.6) is 0 Å². The van der Waals surface area contributed by atoms with Gasteiger partial charge in [0.2, 0.25) is 0 Å². The van der Waals surface area contributed by atoms with E-state index in [9.17, 15) is 9.59 Å². The topological polar surface area (TPSA) is 52.6 Å². The Morgan fingerprint density at radius 3 is 1.88 bits per heavy atom. The van der Waals surface area contributed by atoms with Gasteiger partial charge in [-0.2, -0.15) is 0 Å². The van der Waals surface area contributed by atoms with Crippen LogP contribution in [-0.2, 0) is 24.5 Å². The Kier molecular flexibility index (Phi) is 4.14. The number of carbonyl (C=O) groups excluding carboxylic acids is 2. The maximum atomic E-state index is 12.9. The van der Waals surface area contributed by atoms with Crippen molar-refractivity contribution >= 4 is 34.5 Å². The van der Waals surface area contributed by atoms with Crippen LogP contribution >= 0.6 is 22.6 Å². The third-order valence-corrected chi connectivity index (χ3v) is 6.59. The normalized spacial score (nSPS) is 22.5. The maximum absolute atomic E-state index is 12.9. The summed E-state index contributed by atoms with van der Waals surface area (Å²) in [5.41, 5.74) is 4.31. The van der Waals surface area contributed by atoms with E-state index >= 15 is 0 Å². The largest absolute Gasteiger partial charge is 0.466 e. The third kappa shape index (κ3) is 2.00. The minimum absolute atomic E-state index is 0.325. The van der Waals surface area contributed by atoms with E-state index in [2.05, 4.69) is 22.6 Å². The molecule has 0 saturated carbocycles. The number of esters is 2. The predicted octanol–water partition coefficient (Wildman–Crippen LogP) is 3.51. The summed E-state index contributed by atoms with van der Waals surface area (Å²) in [6, 6.07) is 16.1. The van der Waals surface area contributed by atoms with Crippen LogP contribution in [0, 0.1) is 0 Å². The number of benzene rings is 2. The van der Waals surface area contributed by atoms with Gasteiger partial charge in [-0.15, -0.1) is 0 Å². The highest BCUT2D eigenvalue weighted by atomic mass is 127. The van der Waals surface area contributed by atoms with E-state index in [1.165, 1.54) is 14.2 Å². The van der Waals surface area contributed by atoms with Crippen LogP contribution in [0.3, 0.4) is 0 Å². The number of hydrogen-bond donors (Lipinski definition) is 0. The van der Waals surface area contributed by atoms with Gasteiger partial charge in [0, 0.05) is 10.3 Å². The maximum Gasteiger partial charge on any atom is 0.335 e. The third-order valence-electron chi connectivity index (χ3n) is 5.44. The van der Waals surface area contributed by atoms with Gasteiger partial charge in [-0.3, -0.25) is 0 Å². The molecule has 0 atom stereocenters. The molecule has 3 aliphatic rings. The lowest BCUT2D eigenvalue weighted by Crippen LogP contribution is -2.48. The van der Waals surface area contributed by atoms with Crippen LogP contribution < -0.4 is 0 Å². The van der Waals surface area contributed by atoms with Gasteiger partial charge in [0.25, 0.3) is 0 Å². The first-order valence-corrected chi connectivity index (χ1v) is 9.80. The first kappa shape index (κ1) is 17.3. The lowest BCUT2D eigenvalue weighted by molar-refractivity contribution is -0.140. The average Bonchev–Trinajstić information content (AvgIpc) is 2.71. The molecule has 0 amide bonds. The number of alkyl halides is 1. The van der Waals surface area contributed by atoms with Gasteiger partial charge in [0.05, 0.1) is 30.8 Å². The molecule has 0 radical (unpaired) electrons. The fourth-order valence-electron chi connectivity index (χ4n) is 4.47. The van der Waals surface area contributed by atoms with Crippen molar-refractivity contribution in [1.29, 1.82) is 0 Å². The summed E-state index contributed by atoms with van der Waals surface area (Å²) in [5, 5.41) is 0. The van der Waals surface area contributed by atoms with Crippen molar-refractivity contribution in [3.8, 4) is 0 Å². The van der Waals surface area contributed by atoms with Crippen molar-refractivity contribution in [2.45, 2.75) is 11.3 Å². The van der Waals surface area contributed by atoms with E-state index in [1.807, 2.05) is 48.5 Å². The van der Waals surface area contributed by atoms with Gasteiger partial charge in [-0.1, -0.05) is 71.1 Å². The number of rotatable bonds is 3. The van der Waals surface area contributed by atoms with Crippen molar-refractivity contribution in [1.82, 2.24) is 0 Å². The standard InChI is InChI=1S/C21H17IO4/c1-25-19(23)17-16-12-7-3-5-9-14(12)21(11-22,18(17)20(24)26-2)15-10-6-4-8-13(15)16/h3-10,16H,11H2,1-2H3. The zero-order valence-corrected chi connectivity index (χ0v) is 16.6. The Morgan fingerprint density at radius 2 is 1.42 bits per heavy atom. The van der Waals surface area contributed by atoms with Gasteiger partial charge in [0.1, 0.15) is 0 Å². The van der Waals surface area contributed by atoms with Crippen LogP contribution in [0.25, 0.3) is 0 Å². The Hall–Kier alpha value is -2.15. The van der Waals surface area contributed by atoms with E-state index < -0.39 is 17.4 Å². The molecule has 3 aliphatic carbocycles. The Bertz CT molecular complexity index is 912. The first-order valence-electron chi connectivity index (χ1n) is 8.27. The molecule has 0 heterocycles. The van der Waals surface area contributed by atoms with Crippen molar-refractivity contribution in [2.24, 2.45) is 0 Å². The van der Waals surface area contributed by atoms with Crippen molar-refractivity contribution in [2.75, 3.05) is 18.6 Å². The quantitative estimate of drug-likeness (QED) is 0.400. The van der Waals surface area contributed by atoms with E-state index in [1.54, 1.807) is 0 Å². The summed E-state index contributed by atoms with van der Waals surface area (Å²) in [6.45, 7) is 0. The number of carbonyl (C=O) groups is 2. The van der Waals surface area contributed by atoms with Crippen LogP contribution in [0.2, 0.25) is 0 Å². The van der Waals surface area contributed by atoms with E-state index in [-0.39, 0.29) is 5.92 Å². The molecule has 2 aromatic rings. The molecule has 2 bridgehead atoms. The van der Waals surface area contributed by atoms with Gasteiger partial charge in [-0.25, -0.2) is 9.59 Å². The second-order valence-corrected chi connectivity index (χ2v) is 7.18. The molecule has 0 N–H and O–H groups in total. The molecule has 0 saturated heterocycles. The van der Waals surface area contributed by atoms with E-state index in [0.29, 0.717) is 15.6 Å². The van der Waals surface area contributed by atoms with Gasteiger partial charge < -0.3 is 9.47 Å². The Labute approximate surface area is 165 Å². The Morgan fingerprint density at radius 1 is 0.923 bits per heavy atom. The lowest BCUT2D eigenvalue weighted by Gasteiger charge is -2.49. The fourth-order valence-corrected chi connectivity index (χ4v) is 5.67. The molecule has 0 unspecified atom stereocenters. The number of hydrogen-bond acceptors (Lipinski definition) is 4. The molecular formula is C21H17IO4. The monoisotopic (exact) mass is 460 g/mol. The number of ether oxygens (including phenoxy) is 2. The average molecular weight is 460 g/mol. The molecule has 0 aromatic heterocycles. The van der Waals surface area contributed by atoms with Crippen molar-refractivity contribution < 1.29 is 19.1 Å². The summed E-state index contributed by atoms with van der Waals surface area (Å²) in [4.78, 5) is 25.7. The van der Waals surface area contributed by atoms with Gasteiger partial charge in [0.15, 0.2) is 0 Å². The molecule has 5 rings (SSSR count). The van der Waals surface area contributed by atoms with Crippen LogP contribution in [0.1, 0.15) is 28.2 Å². The molecular weight excluding hydrogens is 443 g/mol. The molecule has 4 nitrogen and oxygen atoms in total. The SMILES string of the molecule is COC(=O)C1=C(C(=O)OC)C2(CI)c3ccccc3C1c1ccccc12. The van der Waals surface area contributed by atoms with E-state index in [4.69, 9.17) is 9.47 Å². The summed E-state index contributed by atoms with van der Waals surface area (Å²) in [5.74, 6) is -1.28. The molecule has 132 valence electrons. The Balaban J connectivity index is 2.19. The van der Waals surface area contributed by atoms with Crippen LogP contribution in [0.4, 0.5) is 0 Å². The zero-order chi connectivity index (χ0) is 18.5. The summed E-state index contributed by atoms with van der Waals surface area (Å²) in [6.07, 6.45) is 0. The van der Waals surface area contributed by atoms with Crippen LogP contribution in [0.15, 0.2) is 59.7 Å². The minimum Gasteiger partial charge on any atom is -0.466 e. The van der Waals surface area contributed by atoms with Gasteiger partial charge in [-0.05, 0) is 22.3 Å². The highest BCUT2D eigenvalue weighted by Gasteiger charge is 2.56. The lowest BCUT2D eigenvalue weighted by atomic mass is 9.53. The van der Waals surface area contributed by atoms with Gasteiger partial charge >= 0.3 is 11.9 Å². The molecule has 0 aliphatic heterocycles. The zero-order valence-electron chi connectivity index (χ0n) is 14.4. The summed E-state index contributed by atoms with van der Waals surface area (Å²) >= 11 is 2.29. The van der Waals surface area contributed by atoms with Crippen LogP contribution in [-0.4, -0.2) is 30.6 Å². The molecule has 0 fully saturated rings. The first-order chi connectivity index (χ1) is 12.6. The summed E-state index contributed by atoms with van der Waals surface area (Å²) < 4.78 is 10.8. The molecule has 0 spiro atoms. The second kappa shape index (κ2) is 6.23. The highest BCUT2D eigenvalue weighted by molar-refractivity contribution is 14.1.